The van der Waals surface area contributed by atoms with Gasteiger partial charge in [-0.15, -0.1) is 0 Å². The summed E-state index contributed by atoms with van der Waals surface area (Å²) in [4.78, 5) is 10.2. The summed E-state index contributed by atoms with van der Waals surface area (Å²) in [7, 11) is 1.99. The van der Waals surface area contributed by atoms with Crippen LogP contribution in [0, 0.1) is 0 Å². The Kier molecular flexibility index (Phi) is 4.17. The fourth-order valence-electron chi connectivity index (χ4n) is 1.98. The standard InChI is InChI=1S/C11H17BrN4O/c1-16(7-8-4-2-3-5-17-8)10-9(12)6-14-11(13)15-10/h6,8H,2-5,7H2,1H3,(H2,13,14,15). The average Bonchev–Trinajstić information content (AvgIpc) is 2.33. The zero-order chi connectivity index (χ0) is 12.3. The quantitative estimate of drug-likeness (QED) is 0.922. The highest BCUT2D eigenvalue weighted by Gasteiger charge is 2.18. The van der Waals surface area contributed by atoms with Gasteiger partial charge < -0.3 is 15.4 Å². The number of ether oxygens (including phenoxy) is 1. The fourth-order valence-corrected chi connectivity index (χ4v) is 2.48. The van der Waals surface area contributed by atoms with E-state index in [1.54, 1.807) is 6.20 Å². The van der Waals surface area contributed by atoms with E-state index in [-0.39, 0.29) is 6.10 Å². The van der Waals surface area contributed by atoms with Gasteiger partial charge in [0.25, 0.3) is 0 Å². The molecule has 2 heterocycles. The van der Waals surface area contributed by atoms with Gasteiger partial charge in [-0.2, -0.15) is 4.98 Å². The summed E-state index contributed by atoms with van der Waals surface area (Å²) in [5.74, 6) is 1.10. The maximum atomic E-state index is 5.71. The van der Waals surface area contributed by atoms with Gasteiger partial charge in [-0.1, -0.05) is 0 Å². The first-order valence-corrected chi connectivity index (χ1v) is 6.57. The van der Waals surface area contributed by atoms with E-state index in [9.17, 15) is 0 Å². The Labute approximate surface area is 110 Å². The number of halogens is 1. The lowest BCUT2D eigenvalue weighted by Gasteiger charge is -2.28. The van der Waals surface area contributed by atoms with Crippen molar-refractivity contribution in [3.8, 4) is 0 Å². The molecule has 1 aliphatic rings. The van der Waals surface area contributed by atoms with Gasteiger partial charge in [-0.05, 0) is 35.2 Å². The zero-order valence-corrected chi connectivity index (χ0v) is 11.5. The van der Waals surface area contributed by atoms with Crippen LogP contribution in [0.5, 0.6) is 0 Å². The number of nitrogens with two attached hydrogens (primary N) is 1. The monoisotopic (exact) mass is 300 g/mol. The Morgan fingerprint density at radius 3 is 3.12 bits per heavy atom. The molecule has 0 saturated carbocycles. The van der Waals surface area contributed by atoms with Gasteiger partial charge >= 0.3 is 0 Å². The molecule has 0 bridgehead atoms. The molecular formula is C11H17BrN4O. The predicted octanol–water partition coefficient (Wildman–Crippen LogP) is 1.83. The summed E-state index contributed by atoms with van der Waals surface area (Å²) in [6.07, 6.45) is 5.49. The van der Waals surface area contributed by atoms with E-state index in [0.29, 0.717) is 5.95 Å². The van der Waals surface area contributed by atoms with Crippen molar-refractivity contribution in [2.75, 3.05) is 30.8 Å². The van der Waals surface area contributed by atoms with Crippen LogP contribution in [0.4, 0.5) is 11.8 Å². The third-order valence-corrected chi connectivity index (χ3v) is 3.42. The number of likely N-dealkylation sites (N-methyl/N-ethyl adjacent to an activating group) is 1. The number of hydrogen-bond acceptors (Lipinski definition) is 5. The van der Waals surface area contributed by atoms with E-state index in [1.165, 1.54) is 12.8 Å². The van der Waals surface area contributed by atoms with Gasteiger partial charge in [-0.25, -0.2) is 4.98 Å². The van der Waals surface area contributed by atoms with Gasteiger partial charge in [0, 0.05) is 26.4 Å². The highest BCUT2D eigenvalue weighted by Crippen LogP contribution is 2.24. The maximum Gasteiger partial charge on any atom is 0.222 e. The molecule has 1 aromatic heterocycles. The first-order chi connectivity index (χ1) is 8.16. The molecule has 94 valence electrons. The second-order valence-corrected chi connectivity index (χ2v) is 5.12. The molecule has 6 heteroatoms. The fraction of sp³-hybridized carbons (Fsp3) is 0.636. The Morgan fingerprint density at radius 1 is 1.59 bits per heavy atom. The minimum atomic E-state index is 0.289. The summed E-state index contributed by atoms with van der Waals surface area (Å²) < 4.78 is 6.56. The zero-order valence-electron chi connectivity index (χ0n) is 9.90. The molecule has 5 nitrogen and oxygen atoms in total. The molecule has 1 aromatic rings. The molecule has 1 fully saturated rings. The van der Waals surface area contributed by atoms with E-state index < -0.39 is 0 Å². The van der Waals surface area contributed by atoms with Crippen LogP contribution in [0.15, 0.2) is 10.7 Å². The lowest BCUT2D eigenvalue weighted by Crippen LogP contribution is -2.34. The molecule has 1 unspecified atom stereocenters. The third-order valence-electron chi connectivity index (χ3n) is 2.86. The number of anilines is 2. The van der Waals surface area contributed by atoms with Gasteiger partial charge in [0.05, 0.1) is 10.6 Å². The molecule has 2 rings (SSSR count). The molecule has 0 radical (unpaired) electrons. The topological polar surface area (TPSA) is 64.3 Å². The number of nitrogen functional groups attached to an aromatic ring is 1. The molecule has 17 heavy (non-hydrogen) atoms. The van der Waals surface area contributed by atoms with Crippen molar-refractivity contribution in [2.24, 2.45) is 0 Å². The molecule has 2 N–H and O–H groups in total. The highest BCUT2D eigenvalue weighted by atomic mass is 79.9. The van der Waals surface area contributed by atoms with Crippen LogP contribution in [0.25, 0.3) is 0 Å². The minimum Gasteiger partial charge on any atom is -0.376 e. The molecular weight excluding hydrogens is 284 g/mol. The lowest BCUT2D eigenvalue weighted by atomic mass is 10.1. The summed E-state index contributed by atoms with van der Waals surface area (Å²) in [6, 6.07) is 0. The number of rotatable bonds is 3. The Hall–Kier alpha value is -0.880. The van der Waals surface area contributed by atoms with Crippen molar-refractivity contribution in [3.63, 3.8) is 0 Å². The minimum absolute atomic E-state index is 0.289. The van der Waals surface area contributed by atoms with Crippen LogP contribution >= 0.6 is 15.9 Å². The molecule has 1 atom stereocenters. The largest absolute Gasteiger partial charge is 0.376 e. The van der Waals surface area contributed by atoms with Crippen molar-refractivity contribution in [3.05, 3.63) is 10.7 Å². The van der Waals surface area contributed by atoms with E-state index in [4.69, 9.17) is 10.5 Å². The van der Waals surface area contributed by atoms with Gasteiger partial charge in [0.15, 0.2) is 0 Å². The SMILES string of the molecule is CN(CC1CCCCO1)c1nc(N)ncc1Br. The molecule has 1 saturated heterocycles. The number of nitrogens with zero attached hydrogens (tertiary/aromatic N) is 3. The van der Waals surface area contributed by atoms with Crippen LogP contribution in [0.2, 0.25) is 0 Å². The van der Waals surface area contributed by atoms with Gasteiger partial charge in [0.2, 0.25) is 5.95 Å². The van der Waals surface area contributed by atoms with Crippen LogP contribution in [-0.2, 0) is 4.74 Å². The Balaban J connectivity index is 2.02. The van der Waals surface area contributed by atoms with E-state index in [1.807, 2.05) is 7.05 Å². The molecule has 1 aliphatic heterocycles. The maximum absolute atomic E-state index is 5.71. The molecule has 0 aliphatic carbocycles. The van der Waals surface area contributed by atoms with Crippen LogP contribution in [0.1, 0.15) is 19.3 Å². The summed E-state index contributed by atoms with van der Waals surface area (Å²) >= 11 is 3.43. The Bertz CT molecular complexity index is 382. The van der Waals surface area contributed by atoms with Crippen molar-refractivity contribution in [1.29, 1.82) is 0 Å². The first kappa shape index (κ1) is 12.6. The summed E-state index contributed by atoms with van der Waals surface area (Å²) in [6.45, 7) is 1.70. The van der Waals surface area contributed by atoms with Crippen molar-refractivity contribution in [1.82, 2.24) is 9.97 Å². The Morgan fingerprint density at radius 2 is 2.41 bits per heavy atom. The molecule has 0 aromatic carbocycles. The molecule has 0 amide bonds. The average molecular weight is 301 g/mol. The van der Waals surface area contributed by atoms with Crippen LogP contribution in [0.3, 0.4) is 0 Å². The number of aromatic nitrogens is 2. The summed E-state index contributed by atoms with van der Waals surface area (Å²) in [5, 5.41) is 0. The normalized spacial score (nSPS) is 20.2. The van der Waals surface area contributed by atoms with E-state index >= 15 is 0 Å². The third kappa shape index (κ3) is 3.29. The number of hydrogen-bond donors (Lipinski definition) is 1. The van der Waals surface area contributed by atoms with Crippen molar-refractivity contribution >= 4 is 27.7 Å². The van der Waals surface area contributed by atoms with E-state index in [0.717, 1.165) is 29.9 Å². The van der Waals surface area contributed by atoms with Gasteiger partial charge in [-0.3, -0.25) is 0 Å². The second kappa shape index (κ2) is 5.64. The highest BCUT2D eigenvalue weighted by molar-refractivity contribution is 9.10. The predicted molar refractivity (Wildman–Crippen MR) is 71.0 cm³/mol. The second-order valence-electron chi connectivity index (χ2n) is 4.27. The van der Waals surface area contributed by atoms with E-state index in [2.05, 4.69) is 30.8 Å². The first-order valence-electron chi connectivity index (χ1n) is 5.77. The van der Waals surface area contributed by atoms with Crippen molar-refractivity contribution in [2.45, 2.75) is 25.4 Å². The lowest BCUT2D eigenvalue weighted by molar-refractivity contribution is 0.0215. The smallest absolute Gasteiger partial charge is 0.222 e. The van der Waals surface area contributed by atoms with Crippen LogP contribution < -0.4 is 10.6 Å². The van der Waals surface area contributed by atoms with Gasteiger partial charge in [0.1, 0.15) is 5.82 Å². The molecule has 0 spiro atoms. The summed E-state index contributed by atoms with van der Waals surface area (Å²) in [5.41, 5.74) is 5.60. The van der Waals surface area contributed by atoms with Crippen LogP contribution in [-0.4, -0.2) is 36.3 Å². The van der Waals surface area contributed by atoms with Crippen molar-refractivity contribution < 1.29 is 4.74 Å².